The Hall–Kier alpha value is -2.86. The highest BCUT2D eigenvalue weighted by Gasteiger charge is 2.24. The summed E-state index contributed by atoms with van der Waals surface area (Å²) in [7, 11) is 0. The monoisotopic (exact) mass is 354 g/mol. The molecule has 1 heterocycles. The lowest BCUT2D eigenvalue weighted by Gasteiger charge is -2.20. The molecular formula is C20H22N2O4. The molecule has 136 valence electrons. The molecule has 2 amide bonds. The van der Waals surface area contributed by atoms with E-state index in [-0.39, 0.29) is 12.0 Å². The number of amides is 2. The molecule has 2 aromatic carbocycles. The first kappa shape index (κ1) is 17.9. The Morgan fingerprint density at radius 1 is 1.00 bits per heavy atom. The molecule has 0 aliphatic carbocycles. The molecule has 6 heteroatoms. The molecular weight excluding hydrogens is 332 g/mol. The fourth-order valence-corrected chi connectivity index (χ4v) is 2.40. The van der Waals surface area contributed by atoms with Crippen molar-refractivity contribution in [3.8, 4) is 0 Å². The molecule has 0 radical (unpaired) electrons. The van der Waals surface area contributed by atoms with E-state index >= 15 is 0 Å². The number of hydrogen-bond donors (Lipinski definition) is 2. The predicted molar refractivity (Wildman–Crippen MR) is 99.4 cm³/mol. The minimum Gasteiger partial charge on any atom is -0.444 e. The molecule has 2 aromatic rings. The van der Waals surface area contributed by atoms with Crippen molar-refractivity contribution in [2.75, 3.05) is 17.2 Å². The first-order valence-electron chi connectivity index (χ1n) is 8.44. The average Bonchev–Trinajstić information content (AvgIpc) is 3.40. The van der Waals surface area contributed by atoms with E-state index in [1.807, 2.05) is 12.1 Å². The smallest absolute Gasteiger partial charge is 0.412 e. The molecule has 3 rings (SSSR count). The second-order valence-corrected chi connectivity index (χ2v) is 7.07. The highest BCUT2D eigenvalue weighted by atomic mass is 16.6. The lowest BCUT2D eigenvalue weighted by atomic mass is 10.1. The number of para-hydroxylation sites is 2. The van der Waals surface area contributed by atoms with Crippen LogP contribution in [0.2, 0.25) is 0 Å². The van der Waals surface area contributed by atoms with Gasteiger partial charge in [0, 0.05) is 5.56 Å². The van der Waals surface area contributed by atoms with E-state index in [1.165, 1.54) is 0 Å². The zero-order chi connectivity index (χ0) is 18.7. The Labute approximate surface area is 152 Å². The highest BCUT2D eigenvalue weighted by Crippen LogP contribution is 2.30. The van der Waals surface area contributed by atoms with Gasteiger partial charge in [-0.25, -0.2) is 4.79 Å². The first-order chi connectivity index (χ1) is 12.3. The van der Waals surface area contributed by atoms with Crippen LogP contribution >= 0.6 is 0 Å². The summed E-state index contributed by atoms with van der Waals surface area (Å²) in [4.78, 5) is 24.5. The average molecular weight is 354 g/mol. The van der Waals surface area contributed by atoms with E-state index < -0.39 is 11.7 Å². The van der Waals surface area contributed by atoms with Crippen molar-refractivity contribution < 1.29 is 19.1 Å². The number of epoxide rings is 1. The number of carbonyl (C=O) groups is 2. The van der Waals surface area contributed by atoms with Gasteiger partial charge in [-0.15, -0.1) is 0 Å². The van der Waals surface area contributed by atoms with Crippen LogP contribution in [0.1, 0.15) is 42.8 Å². The van der Waals surface area contributed by atoms with Crippen molar-refractivity contribution in [1.82, 2.24) is 0 Å². The SMILES string of the molecule is CC(C)(C)OC(=O)Nc1ccccc1NC(=O)c1ccc(C2CO2)cc1. The highest BCUT2D eigenvalue weighted by molar-refractivity contribution is 6.06. The molecule has 1 fully saturated rings. The van der Waals surface area contributed by atoms with Crippen LogP contribution in [0, 0.1) is 0 Å². The van der Waals surface area contributed by atoms with Gasteiger partial charge in [0.15, 0.2) is 0 Å². The maximum absolute atomic E-state index is 12.5. The summed E-state index contributed by atoms with van der Waals surface area (Å²) in [5, 5.41) is 5.48. The number of hydrogen-bond acceptors (Lipinski definition) is 4. The van der Waals surface area contributed by atoms with Gasteiger partial charge in [0.1, 0.15) is 11.7 Å². The topological polar surface area (TPSA) is 80.0 Å². The van der Waals surface area contributed by atoms with Crippen LogP contribution in [0.5, 0.6) is 0 Å². The molecule has 6 nitrogen and oxygen atoms in total. The molecule has 0 saturated carbocycles. The van der Waals surface area contributed by atoms with Gasteiger partial charge in [0.25, 0.3) is 5.91 Å². The molecule has 0 spiro atoms. The largest absolute Gasteiger partial charge is 0.444 e. The van der Waals surface area contributed by atoms with Crippen LogP contribution in [0.4, 0.5) is 16.2 Å². The molecule has 1 aliphatic rings. The normalized spacial score (nSPS) is 15.9. The van der Waals surface area contributed by atoms with Gasteiger partial charge in [0.2, 0.25) is 0 Å². The van der Waals surface area contributed by atoms with Crippen molar-refractivity contribution in [1.29, 1.82) is 0 Å². The summed E-state index contributed by atoms with van der Waals surface area (Å²) in [5.41, 5.74) is 1.96. The molecule has 2 N–H and O–H groups in total. The van der Waals surface area contributed by atoms with Crippen molar-refractivity contribution in [2.45, 2.75) is 32.5 Å². The quantitative estimate of drug-likeness (QED) is 0.800. The van der Waals surface area contributed by atoms with Gasteiger partial charge >= 0.3 is 6.09 Å². The van der Waals surface area contributed by atoms with Gasteiger partial charge in [0.05, 0.1) is 18.0 Å². The maximum Gasteiger partial charge on any atom is 0.412 e. The molecule has 1 saturated heterocycles. The zero-order valence-corrected chi connectivity index (χ0v) is 15.0. The fourth-order valence-electron chi connectivity index (χ4n) is 2.40. The molecule has 1 aliphatic heterocycles. The van der Waals surface area contributed by atoms with E-state index in [2.05, 4.69) is 10.6 Å². The third-order valence-electron chi connectivity index (χ3n) is 3.69. The van der Waals surface area contributed by atoms with Gasteiger partial charge in [-0.2, -0.15) is 0 Å². The Balaban J connectivity index is 1.69. The van der Waals surface area contributed by atoms with Crippen molar-refractivity contribution in [3.63, 3.8) is 0 Å². The van der Waals surface area contributed by atoms with E-state index in [0.717, 1.165) is 12.2 Å². The molecule has 0 aromatic heterocycles. The minimum absolute atomic E-state index is 0.158. The summed E-state index contributed by atoms with van der Waals surface area (Å²) in [6, 6.07) is 14.3. The van der Waals surface area contributed by atoms with Gasteiger partial charge in [-0.05, 0) is 50.6 Å². The Bertz CT molecular complexity index is 805. The summed E-state index contributed by atoms with van der Waals surface area (Å²) in [6.07, 6.45) is -0.418. The Morgan fingerprint density at radius 3 is 2.12 bits per heavy atom. The summed E-state index contributed by atoms with van der Waals surface area (Å²) in [6.45, 7) is 6.10. The van der Waals surface area contributed by atoms with E-state index in [9.17, 15) is 9.59 Å². The van der Waals surface area contributed by atoms with E-state index in [4.69, 9.17) is 9.47 Å². The summed E-state index contributed by atoms with van der Waals surface area (Å²) >= 11 is 0. The number of anilines is 2. The molecule has 26 heavy (non-hydrogen) atoms. The van der Waals surface area contributed by atoms with Crippen molar-refractivity contribution in [2.24, 2.45) is 0 Å². The predicted octanol–water partition coefficient (Wildman–Crippen LogP) is 4.36. The second-order valence-electron chi connectivity index (χ2n) is 7.07. The van der Waals surface area contributed by atoms with Crippen LogP contribution in [-0.2, 0) is 9.47 Å². The third kappa shape index (κ3) is 4.83. The molecule has 1 atom stereocenters. The van der Waals surface area contributed by atoms with Crippen LogP contribution in [-0.4, -0.2) is 24.2 Å². The summed E-state index contributed by atoms with van der Waals surface area (Å²) < 4.78 is 10.5. The number of rotatable bonds is 4. The van der Waals surface area contributed by atoms with E-state index in [0.29, 0.717) is 16.9 Å². The number of carbonyl (C=O) groups excluding carboxylic acids is 2. The van der Waals surface area contributed by atoms with Gasteiger partial charge in [-0.3, -0.25) is 10.1 Å². The minimum atomic E-state index is -0.602. The second kappa shape index (κ2) is 7.17. The first-order valence-corrected chi connectivity index (χ1v) is 8.44. The molecule has 0 bridgehead atoms. The standard InChI is InChI=1S/C20H22N2O4/c1-20(2,3)26-19(24)22-16-7-5-4-6-15(16)21-18(23)14-10-8-13(9-11-14)17-12-25-17/h4-11,17H,12H2,1-3H3,(H,21,23)(H,22,24). The third-order valence-corrected chi connectivity index (χ3v) is 3.69. The van der Waals surface area contributed by atoms with Gasteiger partial charge < -0.3 is 14.8 Å². The van der Waals surface area contributed by atoms with Crippen LogP contribution < -0.4 is 10.6 Å². The number of nitrogens with one attached hydrogen (secondary N) is 2. The van der Waals surface area contributed by atoms with Crippen molar-refractivity contribution in [3.05, 3.63) is 59.7 Å². The fraction of sp³-hybridized carbons (Fsp3) is 0.300. The Kier molecular flexibility index (Phi) is 4.95. The van der Waals surface area contributed by atoms with Gasteiger partial charge in [-0.1, -0.05) is 24.3 Å². The summed E-state index contributed by atoms with van der Waals surface area (Å²) in [5.74, 6) is -0.258. The van der Waals surface area contributed by atoms with Crippen molar-refractivity contribution >= 4 is 23.4 Å². The van der Waals surface area contributed by atoms with Crippen LogP contribution in [0.15, 0.2) is 48.5 Å². The van der Waals surface area contributed by atoms with Crippen LogP contribution in [0.3, 0.4) is 0 Å². The lowest BCUT2D eigenvalue weighted by Crippen LogP contribution is -2.27. The zero-order valence-electron chi connectivity index (χ0n) is 15.0. The number of benzene rings is 2. The number of ether oxygens (including phenoxy) is 2. The Morgan fingerprint density at radius 2 is 1.58 bits per heavy atom. The molecule has 1 unspecified atom stereocenters. The lowest BCUT2D eigenvalue weighted by molar-refractivity contribution is 0.0635. The van der Waals surface area contributed by atoms with E-state index in [1.54, 1.807) is 57.2 Å². The maximum atomic E-state index is 12.5. The van der Waals surface area contributed by atoms with Crippen LogP contribution in [0.25, 0.3) is 0 Å².